The van der Waals surface area contributed by atoms with E-state index in [1.54, 1.807) is 19.2 Å². The van der Waals surface area contributed by atoms with Gasteiger partial charge in [0.1, 0.15) is 6.17 Å². The molecule has 2 aromatic heterocycles. The third-order valence-corrected chi connectivity index (χ3v) is 8.32. The summed E-state index contributed by atoms with van der Waals surface area (Å²) in [5, 5.41) is 6.51. The number of carbonyl (C=O) groups excluding carboxylic acids is 2. The Morgan fingerprint density at radius 3 is 2.55 bits per heavy atom. The van der Waals surface area contributed by atoms with Crippen LogP contribution in [0.4, 0.5) is 16.0 Å². The molecule has 7 nitrogen and oxygen atoms in total. The molecule has 0 aliphatic rings. The summed E-state index contributed by atoms with van der Waals surface area (Å²) in [6, 6.07) is 17.0. The number of anilines is 2. The van der Waals surface area contributed by atoms with Crippen LogP contribution in [0.5, 0.6) is 0 Å². The van der Waals surface area contributed by atoms with Crippen LogP contribution < -0.4 is 15.5 Å². The van der Waals surface area contributed by atoms with E-state index in [0.717, 1.165) is 28.1 Å². The molecule has 2 atom stereocenters. The third-order valence-electron chi connectivity index (χ3n) is 7.08. The summed E-state index contributed by atoms with van der Waals surface area (Å²) >= 11 is 1.12. The number of rotatable bonds is 9. The molecule has 2 heterocycles. The Morgan fingerprint density at radius 1 is 1.15 bits per heavy atom. The number of hydrogen-bond acceptors (Lipinski definition) is 5. The number of alkyl halides is 1. The quantitative estimate of drug-likeness (QED) is 0.215. The Bertz CT molecular complexity index is 1550. The molecule has 2 N–H and O–H groups in total. The molecule has 0 aliphatic heterocycles. The van der Waals surface area contributed by atoms with Gasteiger partial charge in [0.2, 0.25) is 11.9 Å². The van der Waals surface area contributed by atoms with E-state index in [1.165, 1.54) is 17.9 Å². The smallest absolute Gasteiger partial charge is 0.268 e. The summed E-state index contributed by atoms with van der Waals surface area (Å²) in [5.41, 5.74) is 4.07. The maximum Gasteiger partial charge on any atom is 0.268 e. The normalized spacial score (nSPS) is 13.2. The molecule has 2 aromatic carbocycles. The van der Waals surface area contributed by atoms with Crippen molar-refractivity contribution in [1.29, 1.82) is 0 Å². The van der Waals surface area contributed by atoms with E-state index in [1.807, 2.05) is 47.0 Å². The molecule has 1 unspecified atom stereocenters. The van der Waals surface area contributed by atoms with Crippen molar-refractivity contribution in [1.82, 2.24) is 14.9 Å². The summed E-state index contributed by atoms with van der Waals surface area (Å²) < 4.78 is 15.6. The Kier molecular flexibility index (Phi) is 8.56. The van der Waals surface area contributed by atoms with Crippen LogP contribution in [0.15, 0.2) is 67.3 Å². The number of hydrogen-bond donors (Lipinski definition) is 2. The van der Waals surface area contributed by atoms with Crippen LogP contribution in [0, 0.1) is 5.41 Å². The number of benzene rings is 2. The molecule has 0 bridgehead atoms. The van der Waals surface area contributed by atoms with E-state index in [0.29, 0.717) is 39.5 Å². The van der Waals surface area contributed by atoms with Crippen LogP contribution in [0.25, 0.3) is 16.7 Å². The first-order valence-corrected chi connectivity index (χ1v) is 14.0. The number of thiophene rings is 1. The highest BCUT2D eigenvalue weighted by Crippen LogP contribution is 2.30. The van der Waals surface area contributed by atoms with Gasteiger partial charge in [0.15, 0.2) is 0 Å². The zero-order chi connectivity index (χ0) is 29.2. The molecular formula is C31H36FN5O2S. The molecule has 40 heavy (non-hydrogen) atoms. The van der Waals surface area contributed by atoms with Gasteiger partial charge in [-0.25, -0.2) is 9.37 Å². The lowest BCUT2D eigenvalue weighted by molar-refractivity contribution is -0.113. The summed E-state index contributed by atoms with van der Waals surface area (Å²) in [7, 11) is 1.68. The SMILES string of the molecule is C=CC(=O)N(C)c1cccc(-n2c(NC(=O)c3ccc(C(C)F)s3)nc3cc(CN[C@@H](C)C(C)(C)C)ccc32)c1. The summed E-state index contributed by atoms with van der Waals surface area (Å²) in [6.07, 6.45) is 0.108. The zero-order valence-electron chi connectivity index (χ0n) is 23.8. The first-order chi connectivity index (χ1) is 18.9. The fourth-order valence-corrected chi connectivity index (χ4v) is 4.95. The lowest BCUT2D eigenvalue weighted by atomic mass is 9.88. The first kappa shape index (κ1) is 29.2. The highest BCUT2D eigenvalue weighted by atomic mass is 32.1. The van der Waals surface area contributed by atoms with Crippen molar-refractivity contribution in [2.75, 3.05) is 17.3 Å². The summed E-state index contributed by atoms with van der Waals surface area (Å²) in [5.74, 6) is -0.283. The molecule has 4 aromatic rings. The van der Waals surface area contributed by atoms with Crippen LogP contribution in [-0.4, -0.2) is 34.5 Å². The second-order valence-electron chi connectivity index (χ2n) is 11.0. The second-order valence-corrected chi connectivity index (χ2v) is 12.1. The maximum absolute atomic E-state index is 13.8. The largest absolute Gasteiger partial charge is 0.312 e. The second kappa shape index (κ2) is 11.7. The minimum absolute atomic E-state index is 0.121. The predicted octanol–water partition coefficient (Wildman–Crippen LogP) is 7.04. The van der Waals surface area contributed by atoms with Gasteiger partial charge in [-0.1, -0.05) is 39.5 Å². The zero-order valence-corrected chi connectivity index (χ0v) is 24.6. The number of fused-ring (bicyclic) bond motifs is 1. The number of aromatic nitrogens is 2. The highest BCUT2D eigenvalue weighted by Gasteiger charge is 2.21. The average Bonchev–Trinajstić information content (AvgIpc) is 3.55. The maximum atomic E-state index is 13.8. The van der Waals surface area contributed by atoms with Crippen molar-refractivity contribution in [2.24, 2.45) is 5.41 Å². The van der Waals surface area contributed by atoms with E-state index in [2.05, 4.69) is 44.9 Å². The van der Waals surface area contributed by atoms with Gasteiger partial charge >= 0.3 is 0 Å². The van der Waals surface area contributed by atoms with Crippen molar-refractivity contribution in [3.8, 4) is 5.69 Å². The summed E-state index contributed by atoms with van der Waals surface area (Å²) in [6.45, 7) is 14.5. The molecule has 0 saturated carbocycles. The molecule has 0 fully saturated rings. The minimum Gasteiger partial charge on any atom is -0.312 e. The number of halogens is 1. The minimum atomic E-state index is -1.15. The topological polar surface area (TPSA) is 79.3 Å². The molecule has 2 amide bonds. The van der Waals surface area contributed by atoms with Gasteiger partial charge in [-0.15, -0.1) is 11.3 Å². The van der Waals surface area contributed by atoms with Gasteiger partial charge in [-0.2, -0.15) is 0 Å². The number of nitrogens with zero attached hydrogens (tertiary/aromatic N) is 3. The van der Waals surface area contributed by atoms with Gasteiger partial charge in [-0.05, 0) is 73.4 Å². The molecule has 0 saturated heterocycles. The van der Waals surface area contributed by atoms with Crippen molar-refractivity contribution in [3.63, 3.8) is 0 Å². The van der Waals surface area contributed by atoms with Gasteiger partial charge in [0, 0.05) is 30.2 Å². The van der Waals surface area contributed by atoms with Gasteiger partial charge in [0.05, 0.1) is 21.6 Å². The van der Waals surface area contributed by atoms with Crippen LogP contribution in [0.2, 0.25) is 0 Å². The average molecular weight is 562 g/mol. The first-order valence-electron chi connectivity index (χ1n) is 13.2. The van der Waals surface area contributed by atoms with E-state index < -0.39 is 6.17 Å². The van der Waals surface area contributed by atoms with Gasteiger partial charge < -0.3 is 10.2 Å². The fraction of sp³-hybridized carbons (Fsp3) is 0.323. The van der Waals surface area contributed by atoms with Crippen molar-refractivity contribution >= 4 is 45.8 Å². The van der Waals surface area contributed by atoms with Gasteiger partial charge in [0.25, 0.3) is 5.91 Å². The van der Waals surface area contributed by atoms with Crippen LogP contribution in [0.1, 0.15) is 60.9 Å². The van der Waals surface area contributed by atoms with E-state index in [9.17, 15) is 14.0 Å². The lowest BCUT2D eigenvalue weighted by Gasteiger charge is -2.28. The number of imidazole rings is 1. The Hall–Kier alpha value is -3.82. The Labute approximate surface area is 238 Å². The Balaban J connectivity index is 1.75. The Morgan fingerprint density at radius 2 is 1.90 bits per heavy atom. The third kappa shape index (κ3) is 6.32. The molecule has 210 valence electrons. The lowest BCUT2D eigenvalue weighted by Crippen LogP contribution is -2.37. The van der Waals surface area contributed by atoms with Crippen molar-refractivity contribution in [3.05, 3.63) is 82.6 Å². The van der Waals surface area contributed by atoms with Crippen molar-refractivity contribution in [2.45, 2.75) is 53.4 Å². The number of carbonyl (C=O) groups is 2. The molecular weight excluding hydrogens is 525 g/mol. The highest BCUT2D eigenvalue weighted by molar-refractivity contribution is 7.14. The van der Waals surface area contributed by atoms with E-state index in [-0.39, 0.29) is 17.2 Å². The van der Waals surface area contributed by atoms with E-state index >= 15 is 0 Å². The monoisotopic (exact) mass is 561 g/mol. The molecule has 9 heteroatoms. The molecule has 4 rings (SSSR count). The van der Waals surface area contributed by atoms with Crippen LogP contribution in [0.3, 0.4) is 0 Å². The molecule has 0 spiro atoms. The van der Waals surface area contributed by atoms with Crippen LogP contribution in [-0.2, 0) is 11.3 Å². The summed E-state index contributed by atoms with van der Waals surface area (Å²) in [4.78, 5) is 32.6. The van der Waals surface area contributed by atoms with Gasteiger partial charge in [-0.3, -0.25) is 19.5 Å². The molecule has 0 radical (unpaired) electrons. The van der Waals surface area contributed by atoms with Crippen LogP contribution >= 0.6 is 11.3 Å². The number of nitrogens with one attached hydrogen (secondary N) is 2. The fourth-order valence-electron chi connectivity index (χ4n) is 4.11. The standard InChI is InChI=1S/C31H36FN5O2S/c1-8-28(38)36(7)22-10-9-11-23(17-22)37-25-13-12-21(18-33-20(3)31(4,5)6)16-24(25)34-30(37)35-29(39)27-15-14-26(40-27)19(2)32/h8-17,19-20,33H,1,18H2,2-7H3,(H,34,35,39)/t19?,20-/m0/s1. The number of likely N-dealkylation sites (N-methyl/N-ethyl adjacent to an activating group) is 1. The number of amides is 2. The predicted molar refractivity (Wildman–Crippen MR) is 162 cm³/mol. The van der Waals surface area contributed by atoms with Crippen molar-refractivity contribution < 1.29 is 14.0 Å². The molecule has 0 aliphatic carbocycles. The van der Waals surface area contributed by atoms with E-state index in [4.69, 9.17) is 4.98 Å².